The SMILES string of the molecule is CC(CC(=O)NC1CCN(C(=O)c2ccoc2)CC1)C1CCCNC1.Cl. The average molecular weight is 384 g/mol. The van der Waals surface area contributed by atoms with Crippen molar-refractivity contribution < 1.29 is 14.0 Å². The maximum absolute atomic E-state index is 12.3. The molecular formula is C19H30ClN3O3. The molecule has 2 amide bonds. The Morgan fingerprint density at radius 2 is 2.12 bits per heavy atom. The van der Waals surface area contributed by atoms with Gasteiger partial charge >= 0.3 is 0 Å². The van der Waals surface area contributed by atoms with Gasteiger partial charge in [0.1, 0.15) is 6.26 Å². The molecule has 2 saturated heterocycles. The van der Waals surface area contributed by atoms with Crippen molar-refractivity contribution in [1.29, 1.82) is 0 Å². The van der Waals surface area contributed by atoms with E-state index >= 15 is 0 Å². The van der Waals surface area contributed by atoms with Crippen molar-refractivity contribution in [1.82, 2.24) is 15.5 Å². The van der Waals surface area contributed by atoms with E-state index in [9.17, 15) is 9.59 Å². The molecule has 0 aromatic carbocycles. The number of carbonyl (C=O) groups excluding carboxylic acids is 2. The second-order valence-electron chi connectivity index (χ2n) is 7.43. The van der Waals surface area contributed by atoms with Crippen molar-refractivity contribution in [2.75, 3.05) is 26.2 Å². The van der Waals surface area contributed by atoms with Gasteiger partial charge in [0.05, 0.1) is 11.8 Å². The monoisotopic (exact) mass is 383 g/mol. The number of likely N-dealkylation sites (tertiary alicyclic amines) is 1. The second-order valence-corrected chi connectivity index (χ2v) is 7.43. The van der Waals surface area contributed by atoms with Crippen LogP contribution in [0, 0.1) is 11.8 Å². The average Bonchev–Trinajstić information content (AvgIpc) is 3.17. The molecule has 3 heterocycles. The maximum atomic E-state index is 12.3. The lowest BCUT2D eigenvalue weighted by Gasteiger charge is -2.33. The highest BCUT2D eigenvalue weighted by atomic mass is 35.5. The van der Waals surface area contributed by atoms with Gasteiger partial charge in [0, 0.05) is 25.6 Å². The van der Waals surface area contributed by atoms with Gasteiger partial charge in [-0.2, -0.15) is 0 Å². The molecule has 2 N–H and O–H groups in total. The third kappa shape index (κ3) is 5.48. The first kappa shape index (κ1) is 20.8. The van der Waals surface area contributed by atoms with Crippen LogP contribution in [0.1, 0.15) is 49.4 Å². The summed E-state index contributed by atoms with van der Waals surface area (Å²) >= 11 is 0. The number of rotatable bonds is 5. The van der Waals surface area contributed by atoms with E-state index < -0.39 is 0 Å². The molecule has 7 heteroatoms. The Bertz CT molecular complexity index is 565. The van der Waals surface area contributed by atoms with Gasteiger partial charge in [0.2, 0.25) is 5.91 Å². The van der Waals surface area contributed by atoms with Crippen LogP contribution in [0.15, 0.2) is 23.0 Å². The summed E-state index contributed by atoms with van der Waals surface area (Å²) in [6.45, 7) is 5.67. The van der Waals surface area contributed by atoms with Crippen molar-refractivity contribution in [3.8, 4) is 0 Å². The molecule has 2 unspecified atom stereocenters. The van der Waals surface area contributed by atoms with Crippen LogP contribution in [-0.4, -0.2) is 48.9 Å². The van der Waals surface area contributed by atoms with Crippen molar-refractivity contribution in [3.63, 3.8) is 0 Å². The van der Waals surface area contributed by atoms with Crippen LogP contribution in [0.2, 0.25) is 0 Å². The largest absolute Gasteiger partial charge is 0.472 e. The van der Waals surface area contributed by atoms with Crippen LogP contribution in [-0.2, 0) is 4.79 Å². The summed E-state index contributed by atoms with van der Waals surface area (Å²) in [6.07, 6.45) is 7.65. The van der Waals surface area contributed by atoms with E-state index in [1.165, 1.54) is 25.4 Å². The fourth-order valence-corrected chi connectivity index (χ4v) is 3.91. The molecule has 1 aromatic heterocycles. The Morgan fingerprint density at radius 3 is 2.73 bits per heavy atom. The predicted molar refractivity (Wildman–Crippen MR) is 102 cm³/mol. The van der Waals surface area contributed by atoms with Gasteiger partial charge in [-0.1, -0.05) is 6.92 Å². The van der Waals surface area contributed by atoms with Crippen LogP contribution >= 0.6 is 12.4 Å². The smallest absolute Gasteiger partial charge is 0.257 e. The molecule has 146 valence electrons. The molecule has 26 heavy (non-hydrogen) atoms. The quantitative estimate of drug-likeness (QED) is 0.819. The van der Waals surface area contributed by atoms with Crippen molar-refractivity contribution in [2.45, 2.75) is 45.1 Å². The Morgan fingerprint density at radius 1 is 1.35 bits per heavy atom. The number of carbonyl (C=O) groups is 2. The fourth-order valence-electron chi connectivity index (χ4n) is 3.91. The molecule has 3 rings (SSSR count). The van der Waals surface area contributed by atoms with Crippen LogP contribution in [0.3, 0.4) is 0 Å². The lowest BCUT2D eigenvalue weighted by Crippen LogP contribution is -2.47. The van der Waals surface area contributed by atoms with E-state index in [1.807, 2.05) is 4.90 Å². The van der Waals surface area contributed by atoms with Gasteiger partial charge in [-0.15, -0.1) is 12.4 Å². The summed E-state index contributed by atoms with van der Waals surface area (Å²) < 4.78 is 4.98. The minimum Gasteiger partial charge on any atom is -0.472 e. The minimum atomic E-state index is 0. The Kier molecular flexibility index (Phi) is 7.97. The van der Waals surface area contributed by atoms with E-state index in [4.69, 9.17) is 4.42 Å². The second kappa shape index (κ2) is 9.97. The number of amides is 2. The molecule has 0 aliphatic carbocycles. The van der Waals surface area contributed by atoms with E-state index in [0.717, 1.165) is 25.9 Å². The van der Waals surface area contributed by atoms with Gasteiger partial charge in [0.25, 0.3) is 5.91 Å². The van der Waals surface area contributed by atoms with Crippen LogP contribution in [0.5, 0.6) is 0 Å². The van der Waals surface area contributed by atoms with Gasteiger partial charge in [-0.3, -0.25) is 9.59 Å². The van der Waals surface area contributed by atoms with Gasteiger partial charge < -0.3 is 20.0 Å². The van der Waals surface area contributed by atoms with Crippen molar-refractivity contribution in [3.05, 3.63) is 24.2 Å². The van der Waals surface area contributed by atoms with Crippen molar-refractivity contribution >= 4 is 24.2 Å². The molecule has 1 aromatic rings. The van der Waals surface area contributed by atoms with E-state index in [2.05, 4.69) is 17.6 Å². The molecule has 0 saturated carbocycles. The predicted octanol–water partition coefficient (Wildman–Crippen LogP) is 2.45. The highest BCUT2D eigenvalue weighted by Crippen LogP contribution is 2.23. The molecule has 2 aliphatic heterocycles. The van der Waals surface area contributed by atoms with E-state index in [0.29, 0.717) is 36.9 Å². The molecule has 0 bridgehead atoms. The lowest BCUT2D eigenvalue weighted by atomic mass is 9.85. The molecule has 2 atom stereocenters. The first-order valence-electron chi connectivity index (χ1n) is 9.45. The maximum Gasteiger partial charge on any atom is 0.257 e. The van der Waals surface area contributed by atoms with Gasteiger partial charge in [0.15, 0.2) is 0 Å². The number of hydrogen-bond acceptors (Lipinski definition) is 4. The minimum absolute atomic E-state index is 0. The zero-order valence-electron chi connectivity index (χ0n) is 15.4. The molecule has 0 radical (unpaired) electrons. The molecule has 6 nitrogen and oxygen atoms in total. The Hall–Kier alpha value is -1.53. The molecule has 2 aliphatic rings. The number of hydrogen-bond donors (Lipinski definition) is 2. The standard InChI is InChI=1S/C19H29N3O3.ClH/c1-14(15-3-2-7-20-12-15)11-18(23)21-17-4-8-22(9-5-17)19(24)16-6-10-25-13-16;/h6,10,13-15,17,20H,2-5,7-9,11-12H2,1H3,(H,21,23);1H. The topological polar surface area (TPSA) is 74.6 Å². The highest BCUT2D eigenvalue weighted by Gasteiger charge is 2.27. The van der Waals surface area contributed by atoms with Gasteiger partial charge in [-0.25, -0.2) is 0 Å². The molecule has 0 spiro atoms. The highest BCUT2D eigenvalue weighted by molar-refractivity contribution is 5.93. The number of halogens is 1. The fraction of sp³-hybridized carbons (Fsp3) is 0.684. The first-order chi connectivity index (χ1) is 12.1. The van der Waals surface area contributed by atoms with Crippen LogP contribution in [0.25, 0.3) is 0 Å². The summed E-state index contributed by atoms with van der Waals surface area (Å²) in [5, 5.41) is 6.59. The summed E-state index contributed by atoms with van der Waals surface area (Å²) in [5.41, 5.74) is 0.595. The van der Waals surface area contributed by atoms with Crippen molar-refractivity contribution in [2.24, 2.45) is 11.8 Å². The number of piperidine rings is 2. The van der Waals surface area contributed by atoms with Crippen LogP contribution < -0.4 is 10.6 Å². The summed E-state index contributed by atoms with van der Waals surface area (Å²) in [4.78, 5) is 26.5. The van der Waals surface area contributed by atoms with Gasteiger partial charge in [-0.05, 0) is 56.7 Å². The summed E-state index contributed by atoms with van der Waals surface area (Å²) in [5.74, 6) is 1.18. The van der Waals surface area contributed by atoms with E-state index in [1.54, 1.807) is 6.07 Å². The van der Waals surface area contributed by atoms with E-state index in [-0.39, 0.29) is 30.3 Å². The normalized spacial score (nSPS) is 22.3. The Labute approximate surface area is 161 Å². The number of furan rings is 1. The third-order valence-electron chi connectivity index (χ3n) is 5.56. The first-order valence-corrected chi connectivity index (χ1v) is 9.45. The Balaban J connectivity index is 0.00000243. The number of nitrogens with one attached hydrogen (secondary N) is 2. The number of nitrogens with zero attached hydrogens (tertiary/aromatic N) is 1. The third-order valence-corrected chi connectivity index (χ3v) is 5.56. The summed E-state index contributed by atoms with van der Waals surface area (Å²) in [6, 6.07) is 1.87. The molecule has 2 fully saturated rings. The summed E-state index contributed by atoms with van der Waals surface area (Å²) in [7, 11) is 0. The molecular weight excluding hydrogens is 354 g/mol. The zero-order chi connectivity index (χ0) is 17.6. The zero-order valence-corrected chi connectivity index (χ0v) is 16.2. The van der Waals surface area contributed by atoms with Crippen LogP contribution in [0.4, 0.5) is 0 Å². The lowest BCUT2D eigenvalue weighted by molar-refractivity contribution is -0.123.